The summed E-state index contributed by atoms with van der Waals surface area (Å²) in [5.74, 6) is -0.492. The second kappa shape index (κ2) is 10.2. The van der Waals surface area contributed by atoms with Gasteiger partial charge in [0.05, 0.1) is 0 Å². The van der Waals surface area contributed by atoms with Crippen molar-refractivity contribution in [2.45, 2.75) is 18.0 Å². The molecule has 3 N–H and O–H groups in total. The number of nitrogens with zero attached hydrogens (tertiary/aromatic N) is 2. The van der Waals surface area contributed by atoms with Crippen molar-refractivity contribution in [2.24, 2.45) is 5.73 Å². The normalized spacial score (nSPS) is 17.4. The number of anilines is 1. The van der Waals surface area contributed by atoms with Crippen molar-refractivity contribution in [3.8, 4) is 0 Å². The smallest absolute Gasteiger partial charge is 0.412 e. The lowest BCUT2D eigenvalue weighted by molar-refractivity contribution is -0.120. The first kappa shape index (κ1) is 22.3. The van der Waals surface area contributed by atoms with E-state index in [4.69, 9.17) is 10.5 Å². The first-order valence-electron chi connectivity index (χ1n) is 10.2. The van der Waals surface area contributed by atoms with Gasteiger partial charge in [-0.05, 0) is 47.5 Å². The molecule has 0 bridgehead atoms. The number of aromatic nitrogens is 1. The van der Waals surface area contributed by atoms with Gasteiger partial charge in [0, 0.05) is 29.4 Å². The third-order valence-corrected chi connectivity index (χ3v) is 6.47. The minimum atomic E-state index is -0.743. The molecule has 3 amide bonds. The predicted molar refractivity (Wildman–Crippen MR) is 125 cm³/mol. The second-order valence-electron chi connectivity index (χ2n) is 7.36. The number of pyridine rings is 1. The molecule has 0 saturated carbocycles. The molecule has 1 fully saturated rings. The van der Waals surface area contributed by atoms with Gasteiger partial charge in [0.1, 0.15) is 18.0 Å². The van der Waals surface area contributed by atoms with E-state index in [0.717, 1.165) is 11.1 Å². The van der Waals surface area contributed by atoms with Crippen molar-refractivity contribution in [3.63, 3.8) is 0 Å². The zero-order valence-corrected chi connectivity index (χ0v) is 18.4. The molecule has 1 aliphatic rings. The van der Waals surface area contributed by atoms with E-state index in [1.54, 1.807) is 24.5 Å². The van der Waals surface area contributed by atoms with E-state index >= 15 is 0 Å². The lowest BCUT2D eigenvalue weighted by Crippen LogP contribution is -2.45. The average Bonchev–Trinajstić information content (AvgIpc) is 3.30. The molecule has 2 heterocycles. The number of hydrogen-bond acceptors (Lipinski definition) is 6. The number of thioether (sulfide) groups is 1. The van der Waals surface area contributed by atoms with Crippen LogP contribution in [0.2, 0.25) is 0 Å². The standard InChI is InChI=1S/C24H22N4O4S/c25-21(29)17-6-8-19(9-7-17)27-22(30)20-15-33-23(18-10-12-26-13-11-18)28(20)24(31)32-14-16-4-2-1-3-5-16/h1-13,20,23H,14-15H2,(H2,25,29)(H,27,30). The molecule has 2 aromatic carbocycles. The monoisotopic (exact) mass is 462 g/mol. The first-order chi connectivity index (χ1) is 16.0. The highest BCUT2D eigenvalue weighted by molar-refractivity contribution is 7.99. The van der Waals surface area contributed by atoms with Gasteiger partial charge >= 0.3 is 6.09 Å². The Labute approximate surface area is 195 Å². The molecule has 9 heteroatoms. The van der Waals surface area contributed by atoms with Crippen LogP contribution in [0.1, 0.15) is 26.9 Å². The van der Waals surface area contributed by atoms with E-state index in [1.807, 2.05) is 42.5 Å². The summed E-state index contributed by atoms with van der Waals surface area (Å²) < 4.78 is 5.56. The highest BCUT2D eigenvalue weighted by Crippen LogP contribution is 2.42. The Kier molecular flexibility index (Phi) is 6.89. The molecule has 0 aliphatic carbocycles. The fourth-order valence-corrected chi connectivity index (χ4v) is 4.87. The number of benzene rings is 2. The highest BCUT2D eigenvalue weighted by Gasteiger charge is 2.43. The third kappa shape index (κ3) is 5.32. The summed E-state index contributed by atoms with van der Waals surface area (Å²) in [6, 6.07) is 18.5. The molecule has 2 unspecified atom stereocenters. The summed E-state index contributed by atoms with van der Waals surface area (Å²) in [6.07, 6.45) is 2.73. The number of amides is 3. The van der Waals surface area contributed by atoms with Gasteiger partial charge in [-0.1, -0.05) is 30.3 Å². The number of ether oxygens (including phenoxy) is 1. The van der Waals surface area contributed by atoms with Crippen molar-refractivity contribution in [2.75, 3.05) is 11.1 Å². The minimum absolute atomic E-state index is 0.104. The van der Waals surface area contributed by atoms with Crippen LogP contribution in [0.25, 0.3) is 0 Å². The van der Waals surface area contributed by atoms with Crippen LogP contribution in [0.5, 0.6) is 0 Å². The number of primary amides is 1. The Bertz CT molecular complexity index is 1130. The number of carbonyl (C=O) groups is 3. The lowest BCUT2D eigenvalue weighted by Gasteiger charge is -2.28. The zero-order chi connectivity index (χ0) is 23.2. The maximum absolute atomic E-state index is 13.1. The molecule has 168 valence electrons. The first-order valence-corrected chi connectivity index (χ1v) is 11.3. The number of rotatable bonds is 6. The van der Waals surface area contributed by atoms with Gasteiger partial charge in [0.25, 0.3) is 0 Å². The Balaban J connectivity index is 1.52. The second-order valence-corrected chi connectivity index (χ2v) is 8.47. The van der Waals surface area contributed by atoms with Crippen LogP contribution in [0.15, 0.2) is 79.1 Å². The van der Waals surface area contributed by atoms with Gasteiger partial charge in [-0.2, -0.15) is 0 Å². The van der Waals surface area contributed by atoms with Crippen LogP contribution >= 0.6 is 11.8 Å². The molecule has 0 spiro atoms. The molecule has 8 nitrogen and oxygen atoms in total. The van der Waals surface area contributed by atoms with Crippen molar-refractivity contribution in [1.29, 1.82) is 0 Å². The number of nitrogens with two attached hydrogens (primary N) is 1. The largest absolute Gasteiger partial charge is 0.444 e. The average molecular weight is 463 g/mol. The molecule has 3 aromatic rings. The van der Waals surface area contributed by atoms with Gasteiger partial charge in [0.2, 0.25) is 11.8 Å². The summed E-state index contributed by atoms with van der Waals surface area (Å²) >= 11 is 1.48. The Hall–Kier alpha value is -3.85. The molecule has 1 aliphatic heterocycles. The van der Waals surface area contributed by atoms with Crippen molar-refractivity contribution in [1.82, 2.24) is 9.88 Å². The zero-order valence-electron chi connectivity index (χ0n) is 17.6. The van der Waals surface area contributed by atoms with Gasteiger partial charge in [-0.3, -0.25) is 19.5 Å². The van der Waals surface area contributed by atoms with E-state index in [-0.39, 0.29) is 17.9 Å². The Morgan fingerprint density at radius 3 is 2.39 bits per heavy atom. The fourth-order valence-electron chi connectivity index (χ4n) is 3.45. The minimum Gasteiger partial charge on any atom is -0.444 e. The van der Waals surface area contributed by atoms with E-state index in [9.17, 15) is 14.4 Å². The molecule has 1 saturated heterocycles. The molecule has 33 heavy (non-hydrogen) atoms. The lowest BCUT2D eigenvalue weighted by atomic mass is 10.1. The van der Waals surface area contributed by atoms with Crippen LogP contribution in [0.4, 0.5) is 10.5 Å². The third-order valence-electron chi connectivity index (χ3n) is 5.15. The van der Waals surface area contributed by atoms with Gasteiger partial charge in [-0.15, -0.1) is 11.8 Å². The van der Waals surface area contributed by atoms with Crippen molar-refractivity contribution in [3.05, 3.63) is 95.8 Å². The fraction of sp³-hybridized carbons (Fsp3) is 0.167. The molecular weight excluding hydrogens is 440 g/mol. The Morgan fingerprint density at radius 1 is 1.03 bits per heavy atom. The number of nitrogens with one attached hydrogen (secondary N) is 1. The van der Waals surface area contributed by atoms with Crippen molar-refractivity contribution >= 4 is 35.4 Å². The van der Waals surface area contributed by atoms with Crippen LogP contribution in [0.3, 0.4) is 0 Å². The van der Waals surface area contributed by atoms with Gasteiger partial charge in [-0.25, -0.2) is 4.79 Å². The topological polar surface area (TPSA) is 115 Å². The molecule has 1 aromatic heterocycles. The molecule has 4 rings (SSSR count). The molecule has 2 atom stereocenters. The van der Waals surface area contributed by atoms with E-state index in [0.29, 0.717) is 17.0 Å². The summed E-state index contributed by atoms with van der Waals surface area (Å²) in [6.45, 7) is 0.104. The predicted octanol–water partition coefficient (Wildman–Crippen LogP) is 3.57. The molecule has 0 radical (unpaired) electrons. The van der Waals surface area contributed by atoms with E-state index < -0.39 is 18.0 Å². The maximum atomic E-state index is 13.1. The molecular formula is C24H22N4O4S. The van der Waals surface area contributed by atoms with Crippen LogP contribution in [-0.4, -0.2) is 39.6 Å². The van der Waals surface area contributed by atoms with Gasteiger partial charge < -0.3 is 15.8 Å². The maximum Gasteiger partial charge on any atom is 0.412 e. The summed E-state index contributed by atoms with van der Waals surface area (Å²) in [5, 5.41) is 2.43. The highest BCUT2D eigenvalue weighted by atomic mass is 32.2. The van der Waals surface area contributed by atoms with Crippen molar-refractivity contribution < 1.29 is 19.1 Å². The SMILES string of the molecule is NC(=O)c1ccc(NC(=O)C2CSC(c3ccncc3)N2C(=O)OCc2ccccc2)cc1. The number of hydrogen-bond donors (Lipinski definition) is 2. The summed E-state index contributed by atoms with van der Waals surface area (Å²) in [5.41, 5.74) is 7.82. The summed E-state index contributed by atoms with van der Waals surface area (Å²) in [4.78, 5) is 43.0. The van der Waals surface area contributed by atoms with E-state index in [2.05, 4.69) is 10.3 Å². The number of carbonyl (C=O) groups excluding carboxylic acids is 3. The van der Waals surface area contributed by atoms with Crippen LogP contribution in [-0.2, 0) is 16.1 Å². The van der Waals surface area contributed by atoms with E-state index in [1.165, 1.54) is 28.8 Å². The summed E-state index contributed by atoms with van der Waals surface area (Å²) in [7, 11) is 0. The quantitative estimate of drug-likeness (QED) is 0.579. The van der Waals surface area contributed by atoms with Gasteiger partial charge in [0.15, 0.2) is 0 Å². The Morgan fingerprint density at radius 2 is 1.73 bits per heavy atom. The van der Waals surface area contributed by atoms with Crippen LogP contribution in [0, 0.1) is 0 Å². The van der Waals surface area contributed by atoms with Crippen LogP contribution < -0.4 is 11.1 Å².